The van der Waals surface area contributed by atoms with Gasteiger partial charge in [0.1, 0.15) is 5.01 Å². The van der Waals surface area contributed by atoms with E-state index in [0.29, 0.717) is 6.04 Å². The van der Waals surface area contributed by atoms with Gasteiger partial charge in [-0.05, 0) is 46.0 Å². The molecule has 19 heavy (non-hydrogen) atoms. The van der Waals surface area contributed by atoms with Crippen LogP contribution in [0.5, 0.6) is 0 Å². The lowest BCUT2D eigenvalue weighted by Crippen LogP contribution is -2.45. The maximum absolute atomic E-state index is 5.00. The quantitative estimate of drug-likeness (QED) is 0.799. The van der Waals surface area contributed by atoms with E-state index in [4.69, 9.17) is 4.98 Å². The lowest BCUT2D eigenvalue weighted by molar-refractivity contribution is 0.264. The van der Waals surface area contributed by atoms with Crippen molar-refractivity contribution < 1.29 is 0 Å². The number of hydrogen-bond acceptors (Lipinski definition) is 3. The lowest BCUT2D eigenvalue weighted by atomic mass is 9.89. The Morgan fingerprint density at radius 2 is 2.11 bits per heavy atom. The molecule has 1 aliphatic rings. The van der Waals surface area contributed by atoms with Gasteiger partial charge in [-0.3, -0.25) is 0 Å². The van der Waals surface area contributed by atoms with E-state index in [1.165, 1.54) is 49.2 Å². The first-order valence-electron chi connectivity index (χ1n) is 7.88. The molecule has 0 spiro atoms. The molecule has 1 aromatic rings. The number of fused-ring (bicyclic) bond motifs is 1. The van der Waals surface area contributed by atoms with Gasteiger partial charge in [0.2, 0.25) is 0 Å². The zero-order valence-corrected chi connectivity index (χ0v) is 13.7. The number of aromatic nitrogens is 1. The minimum absolute atomic E-state index is 0.110. The molecule has 0 saturated carbocycles. The number of rotatable bonds is 7. The Bertz CT molecular complexity index is 389. The number of unbranched alkanes of at least 4 members (excludes halogenated alkanes) is 1. The summed E-state index contributed by atoms with van der Waals surface area (Å²) in [7, 11) is 0. The SMILES string of the molecule is CCCCC(CC)(NC(C)C)c1nc2c(s1)CCC2. The van der Waals surface area contributed by atoms with Crippen LogP contribution in [0.15, 0.2) is 0 Å². The summed E-state index contributed by atoms with van der Waals surface area (Å²) in [4.78, 5) is 6.55. The summed E-state index contributed by atoms with van der Waals surface area (Å²) in [5.74, 6) is 0. The van der Waals surface area contributed by atoms with Gasteiger partial charge in [-0.25, -0.2) is 4.98 Å². The largest absolute Gasteiger partial charge is 0.303 e. The lowest BCUT2D eigenvalue weighted by Gasteiger charge is -2.34. The molecule has 1 aliphatic carbocycles. The van der Waals surface area contributed by atoms with Crippen LogP contribution in [0.25, 0.3) is 0 Å². The number of nitrogens with one attached hydrogen (secondary N) is 1. The summed E-state index contributed by atoms with van der Waals surface area (Å²) in [6.07, 6.45) is 8.63. The number of thiazole rings is 1. The van der Waals surface area contributed by atoms with Crippen molar-refractivity contribution in [3.05, 3.63) is 15.6 Å². The van der Waals surface area contributed by atoms with Gasteiger partial charge in [0.25, 0.3) is 0 Å². The maximum atomic E-state index is 5.00. The van der Waals surface area contributed by atoms with Gasteiger partial charge in [0, 0.05) is 10.9 Å². The first kappa shape index (κ1) is 15.0. The minimum Gasteiger partial charge on any atom is -0.303 e. The second kappa shape index (κ2) is 6.36. The van der Waals surface area contributed by atoms with E-state index in [9.17, 15) is 0 Å². The van der Waals surface area contributed by atoms with Gasteiger partial charge in [-0.1, -0.05) is 26.7 Å². The third-order valence-electron chi connectivity index (χ3n) is 4.13. The highest BCUT2D eigenvalue weighted by atomic mass is 32.1. The van der Waals surface area contributed by atoms with E-state index >= 15 is 0 Å². The maximum Gasteiger partial charge on any atom is 0.113 e. The minimum atomic E-state index is 0.110. The molecule has 1 aromatic heterocycles. The third-order valence-corrected chi connectivity index (χ3v) is 5.49. The van der Waals surface area contributed by atoms with E-state index in [2.05, 4.69) is 33.0 Å². The molecular formula is C16H28N2S. The van der Waals surface area contributed by atoms with Crippen molar-refractivity contribution in [1.29, 1.82) is 0 Å². The van der Waals surface area contributed by atoms with E-state index in [-0.39, 0.29) is 5.54 Å². The zero-order valence-electron chi connectivity index (χ0n) is 12.9. The predicted molar refractivity (Wildman–Crippen MR) is 83.9 cm³/mol. The first-order chi connectivity index (χ1) is 9.11. The van der Waals surface area contributed by atoms with Crippen LogP contribution in [0.3, 0.4) is 0 Å². The molecule has 0 aliphatic heterocycles. The zero-order chi connectivity index (χ0) is 13.9. The summed E-state index contributed by atoms with van der Waals surface area (Å²) >= 11 is 1.97. The first-order valence-corrected chi connectivity index (χ1v) is 8.69. The summed E-state index contributed by atoms with van der Waals surface area (Å²) < 4.78 is 0. The van der Waals surface area contributed by atoms with Crippen LogP contribution >= 0.6 is 11.3 Å². The van der Waals surface area contributed by atoms with Crippen LogP contribution in [0, 0.1) is 0 Å². The predicted octanol–water partition coefficient (Wildman–Crippen LogP) is 4.43. The number of aryl methyl sites for hydroxylation is 2. The average Bonchev–Trinajstić information content (AvgIpc) is 2.94. The van der Waals surface area contributed by atoms with Crippen molar-refractivity contribution in [2.45, 2.75) is 84.2 Å². The Labute approximate surface area is 122 Å². The Morgan fingerprint density at radius 3 is 2.68 bits per heavy atom. The highest BCUT2D eigenvalue weighted by Crippen LogP contribution is 2.38. The van der Waals surface area contributed by atoms with Crippen LogP contribution in [-0.4, -0.2) is 11.0 Å². The molecule has 2 nitrogen and oxygen atoms in total. The molecule has 0 radical (unpaired) electrons. The highest BCUT2D eigenvalue weighted by molar-refractivity contribution is 7.12. The Kier molecular flexibility index (Phi) is 5.02. The summed E-state index contributed by atoms with van der Waals surface area (Å²) in [5.41, 5.74) is 1.50. The van der Waals surface area contributed by atoms with Crippen LogP contribution in [0.4, 0.5) is 0 Å². The van der Waals surface area contributed by atoms with Gasteiger partial charge >= 0.3 is 0 Å². The Morgan fingerprint density at radius 1 is 1.32 bits per heavy atom. The normalized spacial score (nSPS) is 17.7. The summed E-state index contributed by atoms with van der Waals surface area (Å²) in [5, 5.41) is 5.18. The van der Waals surface area contributed by atoms with Crippen molar-refractivity contribution in [3.63, 3.8) is 0 Å². The highest BCUT2D eigenvalue weighted by Gasteiger charge is 2.34. The fraction of sp³-hybridized carbons (Fsp3) is 0.812. The molecule has 0 saturated heterocycles. The Hall–Kier alpha value is -0.410. The van der Waals surface area contributed by atoms with Crippen molar-refractivity contribution in [3.8, 4) is 0 Å². The van der Waals surface area contributed by atoms with E-state index in [1.807, 2.05) is 11.3 Å². The molecule has 1 unspecified atom stereocenters. The fourth-order valence-corrected chi connectivity index (χ4v) is 4.50. The summed E-state index contributed by atoms with van der Waals surface area (Å²) in [6, 6.07) is 0.510. The fourth-order valence-electron chi connectivity index (χ4n) is 3.10. The van der Waals surface area contributed by atoms with Gasteiger partial charge in [-0.15, -0.1) is 11.3 Å². The van der Waals surface area contributed by atoms with Crippen LogP contribution in [-0.2, 0) is 18.4 Å². The van der Waals surface area contributed by atoms with E-state index in [1.54, 1.807) is 4.88 Å². The Balaban J connectivity index is 2.28. The van der Waals surface area contributed by atoms with Gasteiger partial charge in [0.05, 0.1) is 11.2 Å². The molecule has 2 rings (SSSR count). The van der Waals surface area contributed by atoms with Gasteiger partial charge in [0.15, 0.2) is 0 Å². The second-order valence-electron chi connectivity index (χ2n) is 6.08. The van der Waals surface area contributed by atoms with E-state index in [0.717, 1.165) is 6.42 Å². The van der Waals surface area contributed by atoms with Gasteiger partial charge in [-0.2, -0.15) is 0 Å². The van der Waals surface area contributed by atoms with Gasteiger partial charge < -0.3 is 5.32 Å². The molecule has 0 aromatic carbocycles. The molecule has 0 bridgehead atoms. The van der Waals surface area contributed by atoms with Crippen molar-refractivity contribution >= 4 is 11.3 Å². The molecule has 1 atom stereocenters. The number of hydrogen-bond donors (Lipinski definition) is 1. The van der Waals surface area contributed by atoms with Crippen molar-refractivity contribution in [2.75, 3.05) is 0 Å². The smallest absolute Gasteiger partial charge is 0.113 e. The third kappa shape index (κ3) is 3.19. The van der Waals surface area contributed by atoms with E-state index < -0.39 is 0 Å². The van der Waals surface area contributed by atoms with Crippen LogP contribution in [0.1, 0.15) is 75.4 Å². The molecule has 3 heteroatoms. The molecule has 0 amide bonds. The summed E-state index contributed by atoms with van der Waals surface area (Å²) in [6.45, 7) is 9.07. The monoisotopic (exact) mass is 280 g/mol. The van der Waals surface area contributed by atoms with Crippen molar-refractivity contribution in [2.24, 2.45) is 0 Å². The van der Waals surface area contributed by atoms with Crippen LogP contribution < -0.4 is 5.32 Å². The van der Waals surface area contributed by atoms with Crippen molar-refractivity contribution in [1.82, 2.24) is 10.3 Å². The molecular weight excluding hydrogens is 252 g/mol. The topological polar surface area (TPSA) is 24.9 Å². The molecule has 0 fully saturated rings. The van der Waals surface area contributed by atoms with Crippen LogP contribution in [0.2, 0.25) is 0 Å². The average molecular weight is 280 g/mol. The molecule has 108 valence electrons. The molecule has 1 N–H and O–H groups in total. The standard InChI is InChI=1S/C16H28N2S/c1-5-7-11-16(6-2,18-12(3)4)15-17-13-9-8-10-14(13)19-15/h12,18H,5-11H2,1-4H3. The molecule has 1 heterocycles. The number of nitrogens with zero attached hydrogens (tertiary/aromatic N) is 1. The second-order valence-corrected chi connectivity index (χ2v) is 7.16.